The van der Waals surface area contributed by atoms with Crippen LogP contribution in [0.15, 0.2) is 0 Å². The number of carbonyl (C=O) groups excluding carboxylic acids is 1. The van der Waals surface area contributed by atoms with Gasteiger partial charge in [0.25, 0.3) is 0 Å². The average Bonchev–Trinajstić information content (AvgIpc) is 2.16. The van der Waals surface area contributed by atoms with E-state index in [1.54, 1.807) is 6.92 Å². The van der Waals surface area contributed by atoms with Crippen LogP contribution < -0.4 is 0 Å². The Balaban J connectivity index is 3.60. The van der Waals surface area contributed by atoms with E-state index in [9.17, 15) is 4.79 Å². The highest BCUT2D eigenvalue weighted by molar-refractivity contribution is 5.71. The fourth-order valence-corrected chi connectivity index (χ4v) is 0.874. The standard InChI is InChI=1S/C11H22O3/c1-5-7-8-13-10(4)14-11(12)9(3)6-2/h9-10H,5-8H2,1-4H3. The lowest BCUT2D eigenvalue weighted by Crippen LogP contribution is -2.22. The molecule has 0 aliphatic heterocycles. The summed E-state index contributed by atoms with van der Waals surface area (Å²) in [5.41, 5.74) is 0. The van der Waals surface area contributed by atoms with E-state index in [-0.39, 0.29) is 11.9 Å². The highest BCUT2D eigenvalue weighted by Crippen LogP contribution is 2.06. The summed E-state index contributed by atoms with van der Waals surface area (Å²) in [5, 5.41) is 0. The van der Waals surface area contributed by atoms with Gasteiger partial charge in [0.05, 0.1) is 12.5 Å². The second kappa shape index (κ2) is 7.80. The first kappa shape index (κ1) is 13.4. The number of unbranched alkanes of at least 4 members (excludes halogenated alkanes) is 1. The summed E-state index contributed by atoms with van der Waals surface area (Å²) in [6.45, 7) is 8.34. The van der Waals surface area contributed by atoms with Crippen molar-refractivity contribution in [1.29, 1.82) is 0 Å². The van der Waals surface area contributed by atoms with Gasteiger partial charge in [-0.05, 0) is 19.8 Å². The van der Waals surface area contributed by atoms with Crippen molar-refractivity contribution in [1.82, 2.24) is 0 Å². The smallest absolute Gasteiger partial charge is 0.310 e. The number of carbonyl (C=O) groups is 1. The van der Waals surface area contributed by atoms with Crippen LogP contribution in [-0.4, -0.2) is 18.9 Å². The Morgan fingerprint density at radius 2 is 1.93 bits per heavy atom. The summed E-state index contributed by atoms with van der Waals surface area (Å²) in [4.78, 5) is 11.3. The highest BCUT2D eigenvalue weighted by Gasteiger charge is 2.15. The Morgan fingerprint density at radius 1 is 1.29 bits per heavy atom. The van der Waals surface area contributed by atoms with Crippen LogP contribution in [0.4, 0.5) is 0 Å². The SMILES string of the molecule is CCCCOC(C)OC(=O)C(C)CC. The van der Waals surface area contributed by atoms with Crippen LogP contribution in [0.1, 0.15) is 47.0 Å². The lowest BCUT2D eigenvalue weighted by molar-refractivity contribution is -0.179. The van der Waals surface area contributed by atoms with Crippen LogP contribution in [0.3, 0.4) is 0 Å². The van der Waals surface area contributed by atoms with E-state index in [2.05, 4.69) is 6.92 Å². The predicted molar refractivity (Wildman–Crippen MR) is 55.9 cm³/mol. The largest absolute Gasteiger partial charge is 0.436 e. The van der Waals surface area contributed by atoms with Crippen LogP contribution in [0, 0.1) is 5.92 Å². The summed E-state index contributed by atoms with van der Waals surface area (Å²) in [6.07, 6.45) is 2.49. The number of hydrogen-bond donors (Lipinski definition) is 0. The molecule has 0 aliphatic rings. The number of ether oxygens (including phenoxy) is 2. The topological polar surface area (TPSA) is 35.5 Å². The first-order valence-electron chi connectivity index (χ1n) is 5.43. The molecule has 0 fully saturated rings. The fraction of sp³-hybridized carbons (Fsp3) is 0.909. The monoisotopic (exact) mass is 202 g/mol. The normalized spacial score (nSPS) is 14.9. The van der Waals surface area contributed by atoms with Crippen LogP contribution in [0.2, 0.25) is 0 Å². The van der Waals surface area contributed by atoms with Crippen molar-refractivity contribution >= 4 is 5.97 Å². The number of esters is 1. The van der Waals surface area contributed by atoms with E-state index >= 15 is 0 Å². The molecule has 0 amide bonds. The van der Waals surface area contributed by atoms with Gasteiger partial charge in [0.2, 0.25) is 0 Å². The molecule has 2 unspecified atom stereocenters. The molecule has 0 aromatic heterocycles. The van der Waals surface area contributed by atoms with E-state index in [1.165, 1.54) is 0 Å². The zero-order valence-electron chi connectivity index (χ0n) is 9.71. The number of hydrogen-bond acceptors (Lipinski definition) is 3. The van der Waals surface area contributed by atoms with Crippen molar-refractivity contribution in [2.45, 2.75) is 53.2 Å². The summed E-state index contributed by atoms with van der Waals surface area (Å²) >= 11 is 0. The number of rotatable bonds is 7. The molecule has 2 atom stereocenters. The molecule has 0 bridgehead atoms. The molecule has 0 aliphatic carbocycles. The molecule has 0 N–H and O–H groups in total. The molecule has 0 spiro atoms. The van der Waals surface area contributed by atoms with E-state index < -0.39 is 6.29 Å². The third-order valence-electron chi connectivity index (χ3n) is 2.15. The summed E-state index contributed by atoms with van der Waals surface area (Å²) in [5.74, 6) is -0.205. The quantitative estimate of drug-likeness (QED) is 0.362. The van der Waals surface area contributed by atoms with Crippen molar-refractivity contribution in [2.75, 3.05) is 6.61 Å². The van der Waals surface area contributed by atoms with Gasteiger partial charge in [-0.2, -0.15) is 0 Å². The van der Waals surface area contributed by atoms with Gasteiger partial charge in [-0.25, -0.2) is 0 Å². The lowest BCUT2D eigenvalue weighted by atomic mass is 10.1. The molecule has 84 valence electrons. The van der Waals surface area contributed by atoms with E-state index in [4.69, 9.17) is 9.47 Å². The van der Waals surface area contributed by atoms with Gasteiger partial charge >= 0.3 is 5.97 Å². The van der Waals surface area contributed by atoms with Crippen LogP contribution in [0.25, 0.3) is 0 Å². The molecule has 0 aromatic rings. The summed E-state index contributed by atoms with van der Waals surface area (Å²) in [6, 6.07) is 0. The minimum Gasteiger partial charge on any atom is -0.436 e. The maximum absolute atomic E-state index is 11.3. The van der Waals surface area contributed by atoms with Crippen molar-refractivity contribution in [3.63, 3.8) is 0 Å². The maximum Gasteiger partial charge on any atom is 0.310 e. The molecular formula is C11H22O3. The van der Waals surface area contributed by atoms with E-state index in [0.29, 0.717) is 6.61 Å². The molecule has 0 aromatic carbocycles. The van der Waals surface area contributed by atoms with Crippen LogP contribution in [-0.2, 0) is 14.3 Å². The Morgan fingerprint density at radius 3 is 2.43 bits per heavy atom. The third kappa shape index (κ3) is 5.97. The molecule has 0 radical (unpaired) electrons. The van der Waals surface area contributed by atoms with Crippen molar-refractivity contribution < 1.29 is 14.3 Å². The summed E-state index contributed by atoms with van der Waals surface area (Å²) in [7, 11) is 0. The van der Waals surface area contributed by atoms with Gasteiger partial charge in [0.1, 0.15) is 0 Å². The Kier molecular flexibility index (Phi) is 7.48. The zero-order valence-corrected chi connectivity index (χ0v) is 9.71. The van der Waals surface area contributed by atoms with Gasteiger partial charge in [-0.3, -0.25) is 4.79 Å². The second-order valence-corrected chi connectivity index (χ2v) is 3.54. The van der Waals surface area contributed by atoms with Crippen molar-refractivity contribution in [3.05, 3.63) is 0 Å². The van der Waals surface area contributed by atoms with Crippen LogP contribution in [0.5, 0.6) is 0 Å². The molecule has 3 nitrogen and oxygen atoms in total. The first-order chi connectivity index (χ1) is 6.61. The fourth-order valence-electron chi connectivity index (χ4n) is 0.874. The molecule has 0 saturated carbocycles. The molecular weight excluding hydrogens is 180 g/mol. The highest BCUT2D eigenvalue weighted by atomic mass is 16.7. The molecule has 0 heterocycles. The lowest BCUT2D eigenvalue weighted by Gasteiger charge is -2.16. The second-order valence-electron chi connectivity index (χ2n) is 3.54. The minimum absolute atomic E-state index is 0.0350. The maximum atomic E-state index is 11.3. The Hall–Kier alpha value is -0.570. The van der Waals surface area contributed by atoms with Gasteiger partial charge in [0, 0.05) is 0 Å². The average molecular weight is 202 g/mol. The van der Waals surface area contributed by atoms with Crippen molar-refractivity contribution in [3.8, 4) is 0 Å². The first-order valence-corrected chi connectivity index (χ1v) is 5.43. The Bertz CT molecular complexity index is 157. The van der Waals surface area contributed by atoms with Crippen LogP contribution >= 0.6 is 0 Å². The van der Waals surface area contributed by atoms with E-state index in [0.717, 1.165) is 19.3 Å². The van der Waals surface area contributed by atoms with Gasteiger partial charge < -0.3 is 9.47 Å². The van der Waals surface area contributed by atoms with Gasteiger partial charge in [0.15, 0.2) is 6.29 Å². The predicted octanol–water partition coefficient (Wildman–Crippen LogP) is 2.74. The molecule has 0 saturated heterocycles. The van der Waals surface area contributed by atoms with Crippen molar-refractivity contribution in [2.24, 2.45) is 5.92 Å². The van der Waals surface area contributed by atoms with E-state index in [1.807, 2.05) is 13.8 Å². The van der Waals surface area contributed by atoms with Gasteiger partial charge in [-0.15, -0.1) is 0 Å². The molecule has 3 heteroatoms. The minimum atomic E-state index is -0.414. The van der Waals surface area contributed by atoms with Gasteiger partial charge in [-0.1, -0.05) is 27.2 Å². The zero-order chi connectivity index (χ0) is 11.0. The Labute approximate surface area is 86.8 Å². The third-order valence-corrected chi connectivity index (χ3v) is 2.15. The molecule has 0 rings (SSSR count). The molecule has 14 heavy (non-hydrogen) atoms. The summed E-state index contributed by atoms with van der Waals surface area (Å²) < 4.78 is 10.4.